The summed E-state index contributed by atoms with van der Waals surface area (Å²) in [4.78, 5) is 12.2. The molecular weight excluding hydrogens is 363 g/mol. The van der Waals surface area contributed by atoms with Crippen LogP contribution in [0.15, 0.2) is 18.2 Å². The highest BCUT2D eigenvalue weighted by Crippen LogP contribution is 2.43. The lowest BCUT2D eigenvalue weighted by Crippen LogP contribution is -2.45. The number of halogens is 3. The standard InChI is InChI=1S/C19H24F3NO4/c1-13(25-11-19(20,21)22)17(24)23-10-18(7-3-2-4-8-18)14-5-6-15-16(9-14)27-12-26-15/h5-6,9,13H,2-4,7-8,10-12H2,1H3,(H,23,24). The summed E-state index contributed by atoms with van der Waals surface area (Å²) >= 11 is 0. The van der Waals surface area contributed by atoms with Gasteiger partial charge < -0.3 is 19.5 Å². The summed E-state index contributed by atoms with van der Waals surface area (Å²) in [6, 6.07) is 5.79. The third-order valence-corrected chi connectivity index (χ3v) is 5.26. The number of ether oxygens (including phenoxy) is 3. The first kappa shape index (κ1) is 19.8. The van der Waals surface area contributed by atoms with Gasteiger partial charge in [0, 0.05) is 12.0 Å². The number of fused-ring (bicyclic) bond motifs is 1. The zero-order valence-corrected chi connectivity index (χ0v) is 15.2. The molecule has 0 saturated heterocycles. The Bertz CT molecular complexity index is 671. The minimum absolute atomic E-state index is 0.191. The first-order valence-electron chi connectivity index (χ1n) is 9.15. The van der Waals surface area contributed by atoms with Gasteiger partial charge in [0.15, 0.2) is 11.5 Å². The SMILES string of the molecule is CC(OCC(F)(F)F)C(=O)NCC1(c2ccc3c(c2)OCO3)CCCCC1. The molecule has 8 heteroatoms. The molecule has 0 aromatic heterocycles. The number of nitrogens with one attached hydrogen (secondary N) is 1. The second kappa shape index (κ2) is 7.96. The number of hydrogen-bond acceptors (Lipinski definition) is 4. The van der Waals surface area contributed by atoms with Crippen LogP contribution >= 0.6 is 0 Å². The Morgan fingerprint density at radius 1 is 1.22 bits per heavy atom. The topological polar surface area (TPSA) is 56.8 Å². The quantitative estimate of drug-likeness (QED) is 0.809. The Hall–Kier alpha value is -1.96. The first-order valence-corrected chi connectivity index (χ1v) is 9.15. The van der Waals surface area contributed by atoms with Crippen molar-refractivity contribution in [2.24, 2.45) is 0 Å². The number of hydrogen-bond donors (Lipinski definition) is 1. The van der Waals surface area contributed by atoms with E-state index in [0.717, 1.165) is 37.7 Å². The van der Waals surface area contributed by atoms with Gasteiger partial charge in [-0.15, -0.1) is 0 Å². The molecule has 0 bridgehead atoms. The molecule has 0 radical (unpaired) electrons. The third-order valence-electron chi connectivity index (χ3n) is 5.26. The van der Waals surface area contributed by atoms with Crippen LogP contribution in [0.2, 0.25) is 0 Å². The predicted molar refractivity (Wildman–Crippen MR) is 91.8 cm³/mol. The van der Waals surface area contributed by atoms with Crippen molar-refractivity contribution in [3.05, 3.63) is 23.8 Å². The van der Waals surface area contributed by atoms with Crippen LogP contribution in [0.1, 0.15) is 44.6 Å². The molecule has 1 aromatic carbocycles. The molecule has 1 amide bonds. The van der Waals surface area contributed by atoms with Gasteiger partial charge in [-0.25, -0.2) is 0 Å². The van der Waals surface area contributed by atoms with Crippen LogP contribution in [0.4, 0.5) is 13.2 Å². The smallest absolute Gasteiger partial charge is 0.411 e. The highest BCUT2D eigenvalue weighted by molar-refractivity contribution is 5.80. The highest BCUT2D eigenvalue weighted by Gasteiger charge is 2.36. The third kappa shape index (κ3) is 4.86. The molecule has 27 heavy (non-hydrogen) atoms. The van der Waals surface area contributed by atoms with Crippen LogP contribution in [-0.4, -0.2) is 38.1 Å². The predicted octanol–water partition coefficient (Wildman–Crippen LogP) is 3.70. The zero-order chi connectivity index (χ0) is 19.5. The molecule has 3 rings (SSSR count). The Kier molecular flexibility index (Phi) is 5.83. The average molecular weight is 387 g/mol. The first-order chi connectivity index (χ1) is 12.8. The van der Waals surface area contributed by atoms with Crippen molar-refractivity contribution < 1.29 is 32.2 Å². The highest BCUT2D eigenvalue weighted by atomic mass is 19.4. The molecule has 1 aliphatic carbocycles. The van der Waals surface area contributed by atoms with Crippen molar-refractivity contribution in [2.75, 3.05) is 19.9 Å². The fourth-order valence-electron chi connectivity index (χ4n) is 3.72. The van der Waals surface area contributed by atoms with Crippen molar-refractivity contribution in [3.8, 4) is 11.5 Å². The van der Waals surface area contributed by atoms with Crippen molar-refractivity contribution in [3.63, 3.8) is 0 Å². The van der Waals surface area contributed by atoms with Gasteiger partial charge in [0.2, 0.25) is 12.7 Å². The molecule has 1 N–H and O–H groups in total. The van der Waals surface area contributed by atoms with Gasteiger partial charge in [-0.05, 0) is 37.5 Å². The van der Waals surface area contributed by atoms with Crippen molar-refractivity contribution in [1.29, 1.82) is 0 Å². The summed E-state index contributed by atoms with van der Waals surface area (Å²) in [6.07, 6.45) is -0.634. The molecule has 0 spiro atoms. The molecule has 1 atom stereocenters. The number of carbonyl (C=O) groups excluding carboxylic acids is 1. The second-order valence-corrected chi connectivity index (χ2v) is 7.20. The van der Waals surface area contributed by atoms with Crippen LogP contribution in [0.3, 0.4) is 0 Å². The molecule has 150 valence electrons. The molecular formula is C19H24F3NO4. The second-order valence-electron chi connectivity index (χ2n) is 7.20. The summed E-state index contributed by atoms with van der Waals surface area (Å²) in [7, 11) is 0. The number of rotatable bonds is 6. The maximum atomic E-state index is 12.3. The van der Waals surface area contributed by atoms with Crippen LogP contribution in [0, 0.1) is 0 Å². The molecule has 1 aliphatic heterocycles. The van der Waals surface area contributed by atoms with Crippen molar-refractivity contribution in [2.45, 2.75) is 56.7 Å². The van der Waals surface area contributed by atoms with Crippen LogP contribution in [-0.2, 0) is 14.9 Å². The summed E-state index contributed by atoms with van der Waals surface area (Å²) in [6.45, 7) is 0.436. The van der Waals surface area contributed by atoms with E-state index in [0.29, 0.717) is 18.0 Å². The number of benzene rings is 1. The lowest BCUT2D eigenvalue weighted by Gasteiger charge is -2.38. The van der Waals surface area contributed by atoms with Crippen LogP contribution in [0.25, 0.3) is 0 Å². The normalized spacial score (nSPS) is 19.6. The summed E-state index contributed by atoms with van der Waals surface area (Å²) in [5.74, 6) is 0.846. The lowest BCUT2D eigenvalue weighted by atomic mass is 9.69. The number of amides is 1. The number of alkyl halides is 3. The molecule has 1 fully saturated rings. The van der Waals surface area contributed by atoms with Gasteiger partial charge in [-0.3, -0.25) is 4.79 Å². The molecule has 1 heterocycles. The largest absolute Gasteiger partial charge is 0.454 e. The van der Waals surface area contributed by atoms with E-state index in [9.17, 15) is 18.0 Å². The maximum absolute atomic E-state index is 12.3. The fraction of sp³-hybridized carbons (Fsp3) is 0.632. The summed E-state index contributed by atoms with van der Waals surface area (Å²) < 4.78 is 52.3. The van der Waals surface area contributed by atoms with Crippen LogP contribution < -0.4 is 14.8 Å². The van der Waals surface area contributed by atoms with E-state index >= 15 is 0 Å². The maximum Gasteiger partial charge on any atom is 0.411 e. The van der Waals surface area contributed by atoms with E-state index < -0.39 is 24.8 Å². The zero-order valence-electron chi connectivity index (χ0n) is 15.2. The van der Waals surface area contributed by atoms with E-state index in [4.69, 9.17) is 9.47 Å². The van der Waals surface area contributed by atoms with Gasteiger partial charge in [0.1, 0.15) is 12.7 Å². The van der Waals surface area contributed by atoms with Crippen LogP contribution in [0.5, 0.6) is 11.5 Å². The van der Waals surface area contributed by atoms with Crippen molar-refractivity contribution in [1.82, 2.24) is 5.32 Å². The van der Waals surface area contributed by atoms with Gasteiger partial charge >= 0.3 is 6.18 Å². The molecule has 1 aromatic rings. The Morgan fingerprint density at radius 3 is 2.63 bits per heavy atom. The minimum Gasteiger partial charge on any atom is -0.454 e. The fourth-order valence-corrected chi connectivity index (χ4v) is 3.72. The number of carbonyl (C=O) groups is 1. The molecule has 1 saturated carbocycles. The average Bonchev–Trinajstić information content (AvgIpc) is 3.12. The van der Waals surface area contributed by atoms with E-state index in [1.807, 2.05) is 18.2 Å². The monoisotopic (exact) mass is 387 g/mol. The Balaban J connectivity index is 1.67. The van der Waals surface area contributed by atoms with Gasteiger partial charge in [-0.2, -0.15) is 13.2 Å². The van der Waals surface area contributed by atoms with Crippen molar-refractivity contribution >= 4 is 5.91 Å². The summed E-state index contributed by atoms with van der Waals surface area (Å²) in [5, 5.41) is 2.79. The van der Waals surface area contributed by atoms with Gasteiger partial charge in [-0.1, -0.05) is 25.3 Å². The minimum atomic E-state index is -4.45. The van der Waals surface area contributed by atoms with E-state index in [1.165, 1.54) is 6.92 Å². The van der Waals surface area contributed by atoms with E-state index in [-0.39, 0.29) is 12.2 Å². The molecule has 2 aliphatic rings. The molecule has 1 unspecified atom stereocenters. The Morgan fingerprint density at radius 2 is 1.93 bits per heavy atom. The van der Waals surface area contributed by atoms with E-state index in [2.05, 4.69) is 10.1 Å². The lowest BCUT2D eigenvalue weighted by molar-refractivity contribution is -0.185. The van der Waals surface area contributed by atoms with E-state index in [1.54, 1.807) is 0 Å². The van der Waals surface area contributed by atoms with Gasteiger partial charge in [0.05, 0.1) is 0 Å². The van der Waals surface area contributed by atoms with Gasteiger partial charge in [0.25, 0.3) is 0 Å². The molecule has 5 nitrogen and oxygen atoms in total. The summed E-state index contributed by atoms with van der Waals surface area (Å²) in [5.41, 5.74) is 0.786. The Labute approximate surface area is 156 Å².